The molecule has 2 aromatic carbocycles. The van der Waals surface area contributed by atoms with Crippen molar-refractivity contribution in [2.75, 3.05) is 20.2 Å². The quantitative estimate of drug-likeness (QED) is 0.464. The molecule has 0 unspecified atom stereocenters. The third-order valence-electron chi connectivity index (χ3n) is 6.15. The number of carbonyl (C=O) groups excluding carboxylic acids is 1. The summed E-state index contributed by atoms with van der Waals surface area (Å²) in [5.41, 5.74) is -2.84. The van der Waals surface area contributed by atoms with E-state index in [4.69, 9.17) is 4.74 Å². The molecule has 0 aliphatic carbocycles. The smallest absolute Gasteiger partial charge is 0.372 e. The molecule has 3 N–H and O–H groups in total. The van der Waals surface area contributed by atoms with E-state index in [1.807, 2.05) is 30.3 Å². The number of hydrogen-bond donors (Lipinski definition) is 3. The fourth-order valence-electron chi connectivity index (χ4n) is 4.10. The van der Waals surface area contributed by atoms with Crippen LogP contribution in [0.5, 0.6) is 0 Å². The van der Waals surface area contributed by atoms with Crippen molar-refractivity contribution in [1.29, 1.82) is 0 Å². The minimum atomic E-state index is -4.93. The zero-order valence-corrected chi connectivity index (χ0v) is 19.2. The van der Waals surface area contributed by atoms with Crippen molar-refractivity contribution in [3.63, 3.8) is 0 Å². The monoisotopic (exact) mass is 503 g/mol. The Hall–Kier alpha value is -2.79. The highest BCUT2D eigenvalue weighted by Gasteiger charge is 2.39. The number of urea groups is 1. The summed E-state index contributed by atoms with van der Waals surface area (Å²) in [7, 11) is 1.51. The van der Waals surface area contributed by atoms with Crippen LogP contribution in [0.3, 0.4) is 0 Å². The van der Waals surface area contributed by atoms with Crippen LogP contribution >= 0.6 is 0 Å². The number of hydrogen-bond acceptors (Lipinski definition) is 3. The Labute approximate surface area is 199 Å². The second-order valence-corrected chi connectivity index (χ2v) is 8.58. The maximum Gasteiger partial charge on any atom is 0.416 e. The molecule has 2 aromatic rings. The average molecular weight is 503 g/mol. The lowest BCUT2D eigenvalue weighted by molar-refractivity contribution is -0.143. The first-order chi connectivity index (χ1) is 16.3. The van der Waals surface area contributed by atoms with E-state index in [1.54, 1.807) is 0 Å². The topological polar surface area (TPSA) is 62.4 Å². The molecule has 1 saturated heterocycles. The Balaban J connectivity index is 1.83. The van der Waals surface area contributed by atoms with Crippen molar-refractivity contribution in [1.82, 2.24) is 16.0 Å². The van der Waals surface area contributed by atoms with Crippen LogP contribution < -0.4 is 16.0 Å². The molecular formula is C24H27F6N3O2. The number of ether oxygens (including phenoxy) is 1. The van der Waals surface area contributed by atoms with Gasteiger partial charge in [0.25, 0.3) is 0 Å². The van der Waals surface area contributed by atoms with Crippen LogP contribution in [-0.2, 0) is 22.6 Å². The number of carbonyl (C=O) groups is 1. The molecule has 0 saturated carbocycles. The summed E-state index contributed by atoms with van der Waals surface area (Å²) in [5.74, 6) is 0. The summed E-state index contributed by atoms with van der Waals surface area (Å²) in [6, 6.07) is 10.3. The number of alkyl halides is 6. The van der Waals surface area contributed by atoms with E-state index in [1.165, 1.54) is 14.0 Å². The third-order valence-corrected chi connectivity index (χ3v) is 6.15. The molecule has 2 amide bonds. The van der Waals surface area contributed by atoms with Crippen molar-refractivity contribution in [3.05, 3.63) is 70.8 Å². The molecule has 1 fully saturated rings. The van der Waals surface area contributed by atoms with Crippen LogP contribution in [0, 0.1) is 0 Å². The molecule has 0 bridgehead atoms. The molecule has 1 aliphatic rings. The van der Waals surface area contributed by atoms with Gasteiger partial charge in [-0.25, -0.2) is 4.79 Å². The van der Waals surface area contributed by atoms with Crippen LogP contribution in [-0.4, -0.2) is 32.3 Å². The molecule has 3 atom stereocenters. The zero-order valence-electron chi connectivity index (χ0n) is 19.2. The number of rotatable bonds is 6. The second-order valence-electron chi connectivity index (χ2n) is 8.58. The Kier molecular flexibility index (Phi) is 8.00. The molecule has 0 aromatic heterocycles. The van der Waals surface area contributed by atoms with Gasteiger partial charge in [0.15, 0.2) is 0 Å². The molecule has 3 rings (SSSR count). The maximum absolute atomic E-state index is 13.3. The first-order valence-corrected chi connectivity index (χ1v) is 11.0. The Morgan fingerprint density at radius 2 is 1.69 bits per heavy atom. The van der Waals surface area contributed by atoms with Gasteiger partial charge < -0.3 is 20.7 Å². The van der Waals surface area contributed by atoms with Gasteiger partial charge in [-0.2, -0.15) is 26.3 Å². The van der Waals surface area contributed by atoms with Gasteiger partial charge in [-0.15, -0.1) is 0 Å². The van der Waals surface area contributed by atoms with Gasteiger partial charge in [-0.3, -0.25) is 0 Å². The first kappa shape index (κ1) is 26.8. The molecule has 35 heavy (non-hydrogen) atoms. The predicted octanol–water partition coefficient (Wildman–Crippen LogP) is 5.38. The first-order valence-electron chi connectivity index (χ1n) is 11.0. The normalized spacial score (nSPS) is 21.9. The Morgan fingerprint density at radius 3 is 2.17 bits per heavy atom. The number of piperidine rings is 1. The zero-order chi connectivity index (χ0) is 25.9. The van der Waals surface area contributed by atoms with Crippen LogP contribution in [0.4, 0.5) is 31.1 Å². The van der Waals surface area contributed by atoms with E-state index in [0.29, 0.717) is 31.5 Å². The maximum atomic E-state index is 13.3. The number of benzene rings is 2. The lowest BCUT2D eigenvalue weighted by Crippen LogP contribution is -2.58. The van der Waals surface area contributed by atoms with Gasteiger partial charge in [-0.1, -0.05) is 30.3 Å². The summed E-state index contributed by atoms with van der Waals surface area (Å²) < 4.78 is 85.5. The largest absolute Gasteiger partial charge is 0.416 e. The molecular weight excluding hydrogens is 476 g/mol. The lowest BCUT2D eigenvalue weighted by Gasteiger charge is -2.42. The Bertz CT molecular complexity index is 970. The van der Waals surface area contributed by atoms with Crippen LogP contribution in [0.15, 0.2) is 48.5 Å². The standard InChI is InChI=1S/C24H27F6N3O2/c1-15(16-10-18(23(25,26)27)12-19(11-16)24(28,29)30)35-14-22(17-6-4-3-5-7-17)9-8-20(13-32-22)33-21(34)31-2/h3-7,10-12,15,20,32H,8-9,13-14H2,1-2H3,(H2,31,33,34)/t15-,20+,22-/m1/s1. The van der Waals surface area contributed by atoms with Gasteiger partial charge in [0.1, 0.15) is 0 Å². The van der Waals surface area contributed by atoms with Gasteiger partial charge in [0.05, 0.1) is 29.4 Å². The fourth-order valence-corrected chi connectivity index (χ4v) is 4.10. The minimum Gasteiger partial charge on any atom is -0.372 e. The molecule has 0 radical (unpaired) electrons. The molecule has 1 aliphatic heterocycles. The van der Waals surface area contributed by atoms with E-state index < -0.39 is 35.1 Å². The van der Waals surface area contributed by atoms with E-state index in [9.17, 15) is 31.1 Å². The summed E-state index contributed by atoms with van der Waals surface area (Å²) in [6.45, 7) is 1.83. The predicted molar refractivity (Wildman–Crippen MR) is 118 cm³/mol. The number of halogens is 6. The van der Waals surface area contributed by atoms with Gasteiger partial charge in [0.2, 0.25) is 0 Å². The summed E-state index contributed by atoms with van der Waals surface area (Å²) >= 11 is 0. The SMILES string of the molecule is CNC(=O)N[C@H]1CC[C@@](CO[C@H](C)c2cc(C(F)(F)F)cc(C(F)(F)F)c2)(c2ccccc2)NC1. The second kappa shape index (κ2) is 10.4. The van der Waals surface area contributed by atoms with Crippen molar-refractivity contribution in [2.45, 2.75) is 49.8 Å². The van der Waals surface area contributed by atoms with Crippen LogP contribution in [0.25, 0.3) is 0 Å². The molecule has 1 heterocycles. The fraction of sp³-hybridized carbons (Fsp3) is 0.458. The molecule has 11 heteroatoms. The number of amides is 2. The summed E-state index contributed by atoms with van der Waals surface area (Å²) in [4.78, 5) is 11.6. The minimum absolute atomic E-state index is 0.00245. The molecule has 192 valence electrons. The van der Waals surface area contributed by atoms with Crippen molar-refractivity contribution >= 4 is 6.03 Å². The van der Waals surface area contributed by atoms with Gasteiger partial charge >= 0.3 is 18.4 Å². The molecule has 5 nitrogen and oxygen atoms in total. The Morgan fingerprint density at radius 1 is 1.09 bits per heavy atom. The van der Waals surface area contributed by atoms with Crippen molar-refractivity contribution in [3.8, 4) is 0 Å². The van der Waals surface area contributed by atoms with E-state index in [2.05, 4.69) is 16.0 Å². The van der Waals surface area contributed by atoms with E-state index in [0.717, 1.165) is 5.56 Å². The van der Waals surface area contributed by atoms with E-state index in [-0.39, 0.29) is 30.3 Å². The van der Waals surface area contributed by atoms with Crippen LogP contribution in [0.1, 0.15) is 48.1 Å². The number of nitrogens with one attached hydrogen (secondary N) is 3. The van der Waals surface area contributed by atoms with Crippen LogP contribution in [0.2, 0.25) is 0 Å². The summed E-state index contributed by atoms with van der Waals surface area (Å²) in [5, 5.41) is 8.69. The highest BCUT2D eigenvalue weighted by Crippen LogP contribution is 2.39. The van der Waals surface area contributed by atoms with Crippen molar-refractivity contribution < 1.29 is 35.9 Å². The molecule has 0 spiro atoms. The highest BCUT2D eigenvalue weighted by molar-refractivity contribution is 5.73. The van der Waals surface area contributed by atoms with Gasteiger partial charge in [0, 0.05) is 19.6 Å². The average Bonchev–Trinajstić information content (AvgIpc) is 2.82. The summed E-state index contributed by atoms with van der Waals surface area (Å²) in [6.07, 6.45) is -9.79. The van der Waals surface area contributed by atoms with Gasteiger partial charge in [-0.05, 0) is 49.1 Å². The third kappa shape index (κ3) is 6.66. The highest BCUT2D eigenvalue weighted by atomic mass is 19.4. The van der Waals surface area contributed by atoms with Crippen molar-refractivity contribution in [2.24, 2.45) is 0 Å². The van der Waals surface area contributed by atoms with E-state index >= 15 is 0 Å². The lowest BCUT2D eigenvalue weighted by atomic mass is 9.81.